The first kappa shape index (κ1) is 27.4. The van der Waals surface area contributed by atoms with Gasteiger partial charge in [-0.3, -0.25) is 14.5 Å². The van der Waals surface area contributed by atoms with Crippen molar-refractivity contribution in [2.45, 2.75) is 50.2 Å². The largest absolute Gasteiger partial charge is 0.481 e. The number of alkyl carbamates (subject to hydrolysis) is 1. The number of piperidine rings is 1. The van der Waals surface area contributed by atoms with Crippen LogP contribution in [0.4, 0.5) is 4.79 Å². The second-order valence-electron chi connectivity index (χ2n) is 10.8. The van der Waals surface area contributed by atoms with Gasteiger partial charge in [-0.05, 0) is 47.6 Å². The van der Waals surface area contributed by atoms with E-state index in [0.717, 1.165) is 28.8 Å². The maximum Gasteiger partial charge on any atom is 0.408 e. The molecule has 8 nitrogen and oxygen atoms in total. The third-order valence-electron chi connectivity index (χ3n) is 7.94. The fraction of sp³-hybridized carbons (Fsp3) is 0.344. The Labute approximate surface area is 234 Å². The number of carbonyl (C=O) groups excluding carboxylic acids is 2. The molecule has 1 fully saturated rings. The third-order valence-corrected chi connectivity index (χ3v) is 7.94. The standard InChI is InChI=1S/C32H35N3O5/c1-22(19-29(36)37)33-30(38)32(15-17-35(18-16-32)20-23-9-3-2-4-10-23)34-31(39)40-21-28-26-13-7-5-11-24(26)25-12-6-8-14-27(25)28/h2-14,22,28H,15-21H2,1H3,(H,33,38)(H,34,39)(H,36,37)/t22-/m0/s1. The van der Waals surface area contributed by atoms with Crippen LogP contribution in [-0.4, -0.2) is 59.3 Å². The van der Waals surface area contributed by atoms with E-state index in [4.69, 9.17) is 9.84 Å². The summed E-state index contributed by atoms with van der Waals surface area (Å²) in [4.78, 5) is 40.2. The SMILES string of the molecule is C[C@@H](CC(=O)O)NC(=O)C1(NC(=O)OCC2c3ccccc3-c3ccccc32)CCN(Cc2ccccc2)CC1. The van der Waals surface area contributed by atoms with Crippen molar-refractivity contribution in [3.8, 4) is 11.1 Å². The van der Waals surface area contributed by atoms with Crippen molar-refractivity contribution in [1.82, 2.24) is 15.5 Å². The maximum absolute atomic E-state index is 13.5. The zero-order valence-electron chi connectivity index (χ0n) is 22.6. The number of aliphatic carboxylic acids is 1. The van der Waals surface area contributed by atoms with Gasteiger partial charge >= 0.3 is 12.1 Å². The molecule has 208 valence electrons. The molecule has 1 aliphatic heterocycles. The van der Waals surface area contributed by atoms with Crippen molar-refractivity contribution in [3.63, 3.8) is 0 Å². The molecule has 0 aromatic heterocycles. The van der Waals surface area contributed by atoms with Gasteiger partial charge in [-0.1, -0.05) is 78.9 Å². The van der Waals surface area contributed by atoms with Crippen LogP contribution < -0.4 is 10.6 Å². The molecule has 0 radical (unpaired) electrons. The number of carbonyl (C=O) groups is 3. The van der Waals surface area contributed by atoms with Gasteiger partial charge < -0.3 is 20.5 Å². The molecule has 8 heteroatoms. The lowest BCUT2D eigenvalue weighted by atomic mass is 9.86. The first-order chi connectivity index (χ1) is 19.3. The molecule has 0 bridgehead atoms. The summed E-state index contributed by atoms with van der Waals surface area (Å²) in [5.41, 5.74) is 4.49. The summed E-state index contributed by atoms with van der Waals surface area (Å²) in [6, 6.07) is 25.8. The van der Waals surface area contributed by atoms with Crippen molar-refractivity contribution >= 4 is 18.0 Å². The average molecular weight is 542 g/mol. The molecule has 3 aromatic rings. The minimum atomic E-state index is -1.19. The molecule has 0 spiro atoms. The molecular weight excluding hydrogens is 506 g/mol. The molecule has 3 aromatic carbocycles. The van der Waals surface area contributed by atoms with Gasteiger partial charge in [0.05, 0.1) is 6.42 Å². The molecule has 1 aliphatic carbocycles. The van der Waals surface area contributed by atoms with Gasteiger partial charge in [-0.25, -0.2) is 4.79 Å². The number of amides is 2. The molecule has 0 unspecified atom stereocenters. The van der Waals surface area contributed by atoms with E-state index < -0.39 is 23.6 Å². The maximum atomic E-state index is 13.5. The highest BCUT2D eigenvalue weighted by molar-refractivity contribution is 5.90. The number of fused-ring (bicyclic) bond motifs is 3. The van der Waals surface area contributed by atoms with Crippen molar-refractivity contribution in [2.24, 2.45) is 0 Å². The Morgan fingerprint density at radius 3 is 2.10 bits per heavy atom. The van der Waals surface area contributed by atoms with E-state index in [1.54, 1.807) is 6.92 Å². The second-order valence-corrected chi connectivity index (χ2v) is 10.8. The van der Waals surface area contributed by atoms with Crippen molar-refractivity contribution < 1.29 is 24.2 Å². The van der Waals surface area contributed by atoms with Crippen LogP contribution in [0.15, 0.2) is 78.9 Å². The fourth-order valence-corrected chi connectivity index (χ4v) is 5.85. The Kier molecular flexibility index (Phi) is 8.16. The number of nitrogens with one attached hydrogen (secondary N) is 2. The number of benzene rings is 3. The monoisotopic (exact) mass is 541 g/mol. The minimum Gasteiger partial charge on any atom is -0.481 e. The van der Waals surface area contributed by atoms with Crippen molar-refractivity contribution in [3.05, 3.63) is 95.6 Å². The van der Waals surface area contributed by atoms with Gasteiger partial charge in [-0.2, -0.15) is 0 Å². The third kappa shape index (κ3) is 6.02. The topological polar surface area (TPSA) is 108 Å². The number of nitrogens with zero attached hydrogens (tertiary/aromatic N) is 1. The van der Waals surface area contributed by atoms with Crippen LogP contribution in [0, 0.1) is 0 Å². The van der Waals surface area contributed by atoms with Crippen LogP contribution >= 0.6 is 0 Å². The molecule has 3 N–H and O–H groups in total. The number of rotatable bonds is 9. The molecule has 1 saturated heterocycles. The number of hydrogen-bond acceptors (Lipinski definition) is 5. The number of carboxylic acid groups (broad SMARTS) is 1. The smallest absolute Gasteiger partial charge is 0.408 e. The van der Waals surface area contributed by atoms with E-state index in [2.05, 4.69) is 51.9 Å². The van der Waals surface area contributed by atoms with E-state index in [9.17, 15) is 14.4 Å². The van der Waals surface area contributed by atoms with E-state index in [0.29, 0.717) is 25.9 Å². The predicted octanol–water partition coefficient (Wildman–Crippen LogP) is 4.54. The van der Waals surface area contributed by atoms with Gasteiger partial charge in [0.1, 0.15) is 12.1 Å². The first-order valence-corrected chi connectivity index (χ1v) is 13.8. The summed E-state index contributed by atoms with van der Waals surface area (Å²) >= 11 is 0. The van der Waals surface area contributed by atoms with Crippen molar-refractivity contribution in [1.29, 1.82) is 0 Å². The number of likely N-dealkylation sites (tertiary alicyclic amines) is 1. The van der Waals surface area contributed by atoms with Crippen LogP contribution in [0.2, 0.25) is 0 Å². The van der Waals surface area contributed by atoms with Gasteiger partial charge in [0.2, 0.25) is 5.91 Å². The highest BCUT2D eigenvalue weighted by atomic mass is 16.5. The van der Waals surface area contributed by atoms with E-state index in [1.807, 2.05) is 42.5 Å². The van der Waals surface area contributed by atoms with Gasteiger partial charge in [0, 0.05) is 31.6 Å². The molecule has 5 rings (SSSR count). The Hall–Kier alpha value is -4.17. The summed E-state index contributed by atoms with van der Waals surface area (Å²) in [5, 5.41) is 14.9. The first-order valence-electron chi connectivity index (χ1n) is 13.8. The lowest BCUT2D eigenvalue weighted by molar-refractivity contribution is -0.138. The summed E-state index contributed by atoms with van der Waals surface area (Å²) in [6.07, 6.45) is -0.0857. The predicted molar refractivity (Wildman–Crippen MR) is 152 cm³/mol. The van der Waals surface area contributed by atoms with Crippen LogP contribution in [0.1, 0.15) is 48.8 Å². The normalized spacial score (nSPS) is 16.8. The Balaban J connectivity index is 1.27. The van der Waals surface area contributed by atoms with E-state index >= 15 is 0 Å². The molecular formula is C32H35N3O5. The molecule has 1 atom stereocenters. The lowest BCUT2D eigenvalue weighted by Crippen LogP contribution is -2.64. The summed E-state index contributed by atoms with van der Waals surface area (Å²) in [6.45, 7) is 3.74. The highest BCUT2D eigenvalue weighted by Crippen LogP contribution is 2.44. The number of ether oxygens (including phenoxy) is 1. The molecule has 40 heavy (non-hydrogen) atoms. The average Bonchev–Trinajstić information content (AvgIpc) is 3.27. The number of carboxylic acids is 1. The Morgan fingerprint density at radius 2 is 1.50 bits per heavy atom. The zero-order chi connectivity index (χ0) is 28.1. The lowest BCUT2D eigenvalue weighted by Gasteiger charge is -2.41. The molecule has 2 amide bonds. The van der Waals surface area contributed by atoms with Gasteiger partial charge in [0.25, 0.3) is 0 Å². The zero-order valence-corrected chi connectivity index (χ0v) is 22.6. The van der Waals surface area contributed by atoms with Crippen LogP contribution in [0.3, 0.4) is 0 Å². The van der Waals surface area contributed by atoms with E-state index in [-0.39, 0.29) is 24.9 Å². The summed E-state index contributed by atoms with van der Waals surface area (Å²) < 4.78 is 5.77. The number of hydrogen-bond donors (Lipinski definition) is 3. The summed E-state index contributed by atoms with van der Waals surface area (Å²) in [5.74, 6) is -1.47. The molecule has 1 heterocycles. The van der Waals surface area contributed by atoms with Crippen LogP contribution in [0.25, 0.3) is 11.1 Å². The fourth-order valence-electron chi connectivity index (χ4n) is 5.85. The second kappa shape index (κ2) is 11.9. The van der Waals surface area contributed by atoms with Gasteiger partial charge in [0.15, 0.2) is 0 Å². The van der Waals surface area contributed by atoms with Crippen molar-refractivity contribution in [2.75, 3.05) is 19.7 Å². The summed E-state index contributed by atoms with van der Waals surface area (Å²) in [7, 11) is 0. The Bertz CT molecular complexity index is 1320. The van der Waals surface area contributed by atoms with Crippen LogP contribution in [0.5, 0.6) is 0 Å². The molecule has 2 aliphatic rings. The van der Waals surface area contributed by atoms with E-state index in [1.165, 1.54) is 5.56 Å². The minimum absolute atomic E-state index is 0.0914. The highest BCUT2D eigenvalue weighted by Gasteiger charge is 2.44. The Morgan fingerprint density at radius 1 is 0.925 bits per heavy atom. The van der Waals surface area contributed by atoms with Crippen LogP contribution in [-0.2, 0) is 20.9 Å². The molecule has 0 saturated carbocycles. The quantitative estimate of drug-likeness (QED) is 0.367. The van der Waals surface area contributed by atoms with Gasteiger partial charge in [-0.15, -0.1) is 0 Å².